The predicted molar refractivity (Wildman–Crippen MR) is 98.9 cm³/mol. The minimum atomic E-state index is 0. The molecule has 0 radical (unpaired) electrons. The molecule has 1 fully saturated rings. The number of aliphatic imine (C=N–C) groups is 1. The van der Waals surface area contributed by atoms with E-state index in [0.29, 0.717) is 5.96 Å². The lowest BCUT2D eigenvalue weighted by molar-refractivity contribution is 0.158. The molecule has 1 saturated heterocycles. The van der Waals surface area contributed by atoms with Crippen LogP contribution in [-0.2, 0) is 0 Å². The van der Waals surface area contributed by atoms with Gasteiger partial charge in [0.1, 0.15) is 0 Å². The first kappa shape index (κ1) is 20.0. The largest absolute Gasteiger partial charge is 0.370 e. The fourth-order valence-corrected chi connectivity index (χ4v) is 2.76. The van der Waals surface area contributed by atoms with Gasteiger partial charge in [-0.05, 0) is 59.5 Å². The van der Waals surface area contributed by atoms with Gasteiger partial charge < -0.3 is 15.5 Å². The lowest BCUT2D eigenvalue weighted by Gasteiger charge is -2.33. The maximum atomic E-state index is 5.95. The number of likely N-dealkylation sites (tertiary alicyclic amines) is 1. The summed E-state index contributed by atoms with van der Waals surface area (Å²) in [5.74, 6) is 0.705. The number of guanidine groups is 1. The molecule has 1 unspecified atom stereocenters. The molecule has 1 aliphatic rings. The zero-order valence-electron chi connectivity index (χ0n) is 13.5. The number of rotatable bonds is 7. The number of hydrogen-bond acceptors (Lipinski definition) is 2. The molecule has 0 spiro atoms. The van der Waals surface area contributed by atoms with Crippen molar-refractivity contribution in [2.45, 2.75) is 58.9 Å². The molecule has 20 heavy (non-hydrogen) atoms. The number of nitrogens with zero attached hydrogens (tertiary/aromatic N) is 3. The highest BCUT2D eigenvalue weighted by Gasteiger charge is 2.16. The van der Waals surface area contributed by atoms with Crippen LogP contribution < -0.4 is 5.73 Å². The van der Waals surface area contributed by atoms with Gasteiger partial charge >= 0.3 is 0 Å². The van der Waals surface area contributed by atoms with Gasteiger partial charge in [0.15, 0.2) is 5.96 Å². The summed E-state index contributed by atoms with van der Waals surface area (Å²) >= 11 is 0. The van der Waals surface area contributed by atoms with Crippen molar-refractivity contribution in [3.05, 3.63) is 0 Å². The van der Waals surface area contributed by atoms with Crippen LogP contribution in [0, 0.1) is 0 Å². The number of unbranched alkanes of at least 4 members (excludes halogenated alkanes) is 1. The van der Waals surface area contributed by atoms with E-state index in [1.54, 1.807) is 0 Å². The molecule has 4 nitrogen and oxygen atoms in total. The van der Waals surface area contributed by atoms with E-state index >= 15 is 0 Å². The summed E-state index contributed by atoms with van der Waals surface area (Å²) in [6.07, 6.45) is 6.53. The molecule has 5 heteroatoms. The summed E-state index contributed by atoms with van der Waals surface area (Å²) in [5, 5.41) is 0. The Labute approximate surface area is 142 Å². The Hall–Kier alpha value is -0.0400. The fraction of sp³-hybridized carbons (Fsp3) is 0.933. The van der Waals surface area contributed by atoms with Crippen LogP contribution in [0.4, 0.5) is 0 Å². The summed E-state index contributed by atoms with van der Waals surface area (Å²) in [6.45, 7) is 11.8. The molecule has 0 amide bonds. The molecule has 1 aliphatic heterocycles. The van der Waals surface area contributed by atoms with E-state index in [1.165, 1.54) is 38.8 Å². The Kier molecular flexibility index (Phi) is 11.6. The van der Waals surface area contributed by atoms with Gasteiger partial charge in [0.05, 0.1) is 0 Å². The molecule has 1 heterocycles. The Morgan fingerprint density at radius 2 is 1.95 bits per heavy atom. The van der Waals surface area contributed by atoms with Crippen LogP contribution in [0.5, 0.6) is 0 Å². The standard InChI is InChI=1S/C15H32N4.HI/c1-4-18(5-2)15(16)17-11-7-9-13-19-12-8-6-10-14(19)3;/h14H,4-13H2,1-3H3,(H2,16,17);1H. The normalized spacial score (nSPS) is 20.6. The number of piperidine rings is 1. The van der Waals surface area contributed by atoms with Gasteiger partial charge in [-0.1, -0.05) is 6.42 Å². The van der Waals surface area contributed by atoms with Gasteiger partial charge in [0.25, 0.3) is 0 Å². The van der Waals surface area contributed by atoms with Crippen molar-refractivity contribution < 1.29 is 0 Å². The van der Waals surface area contributed by atoms with E-state index in [2.05, 4.69) is 35.6 Å². The quantitative estimate of drug-likeness (QED) is 0.312. The predicted octanol–water partition coefficient (Wildman–Crippen LogP) is 2.92. The van der Waals surface area contributed by atoms with E-state index in [-0.39, 0.29) is 24.0 Å². The van der Waals surface area contributed by atoms with Crippen molar-refractivity contribution in [1.82, 2.24) is 9.80 Å². The molecule has 0 aromatic rings. The van der Waals surface area contributed by atoms with Crippen LogP contribution in [-0.4, -0.2) is 54.5 Å². The number of halogens is 1. The molecule has 120 valence electrons. The van der Waals surface area contributed by atoms with Crippen molar-refractivity contribution in [2.24, 2.45) is 10.7 Å². The highest BCUT2D eigenvalue weighted by molar-refractivity contribution is 14.0. The van der Waals surface area contributed by atoms with Crippen LogP contribution in [0.2, 0.25) is 0 Å². The van der Waals surface area contributed by atoms with Crippen LogP contribution in [0.3, 0.4) is 0 Å². The lowest BCUT2D eigenvalue weighted by atomic mass is 10.0. The van der Waals surface area contributed by atoms with Crippen LogP contribution in [0.25, 0.3) is 0 Å². The zero-order chi connectivity index (χ0) is 14.1. The first-order chi connectivity index (χ1) is 9.19. The van der Waals surface area contributed by atoms with Gasteiger partial charge in [0, 0.05) is 25.7 Å². The van der Waals surface area contributed by atoms with Gasteiger partial charge in [-0.2, -0.15) is 0 Å². The first-order valence-electron chi connectivity index (χ1n) is 7.98. The van der Waals surface area contributed by atoms with Gasteiger partial charge in [-0.3, -0.25) is 4.99 Å². The third-order valence-electron chi connectivity index (χ3n) is 4.16. The summed E-state index contributed by atoms with van der Waals surface area (Å²) in [7, 11) is 0. The molecular formula is C15H33IN4. The van der Waals surface area contributed by atoms with Crippen molar-refractivity contribution >= 4 is 29.9 Å². The van der Waals surface area contributed by atoms with Crippen molar-refractivity contribution in [3.63, 3.8) is 0 Å². The summed E-state index contributed by atoms with van der Waals surface area (Å²) in [4.78, 5) is 9.20. The van der Waals surface area contributed by atoms with Gasteiger partial charge in [0.2, 0.25) is 0 Å². The minimum absolute atomic E-state index is 0. The summed E-state index contributed by atoms with van der Waals surface area (Å²) in [5.41, 5.74) is 5.95. The Balaban J connectivity index is 0.00000361. The summed E-state index contributed by atoms with van der Waals surface area (Å²) in [6, 6.07) is 0.776. The van der Waals surface area contributed by atoms with E-state index < -0.39 is 0 Å². The molecule has 0 saturated carbocycles. The van der Waals surface area contributed by atoms with E-state index in [0.717, 1.165) is 32.1 Å². The van der Waals surface area contributed by atoms with Crippen LogP contribution in [0.15, 0.2) is 4.99 Å². The average Bonchev–Trinajstić information content (AvgIpc) is 2.42. The van der Waals surface area contributed by atoms with Gasteiger partial charge in [-0.25, -0.2) is 0 Å². The SMILES string of the molecule is CCN(CC)C(N)=NCCCCN1CCCCC1C.I. The van der Waals surface area contributed by atoms with Crippen molar-refractivity contribution in [2.75, 3.05) is 32.7 Å². The first-order valence-corrected chi connectivity index (χ1v) is 7.98. The maximum absolute atomic E-state index is 5.95. The number of nitrogens with two attached hydrogens (primary N) is 1. The molecule has 0 aromatic heterocycles. The topological polar surface area (TPSA) is 44.9 Å². The smallest absolute Gasteiger partial charge is 0.191 e. The summed E-state index contributed by atoms with van der Waals surface area (Å²) < 4.78 is 0. The monoisotopic (exact) mass is 396 g/mol. The highest BCUT2D eigenvalue weighted by atomic mass is 127. The van der Waals surface area contributed by atoms with Crippen molar-refractivity contribution in [1.29, 1.82) is 0 Å². The zero-order valence-corrected chi connectivity index (χ0v) is 15.8. The molecule has 0 aromatic carbocycles. The second-order valence-electron chi connectivity index (χ2n) is 5.50. The molecule has 1 atom stereocenters. The lowest BCUT2D eigenvalue weighted by Crippen LogP contribution is -2.38. The van der Waals surface area contributed by atoms with Crippen LogP contribution in [0.1, 0.15) is 52.9 Å². The second kappa shape index (κ2) is 11.6. The van der Waals surface area contributed by atoms with E-state index in [9.17, 15) is 0 Å². The molecular weight excluding hydrogens is 363 g/mol. The Morgan fingerprint density at radius 1 is 1.25 bits per heavy atom. The fourth-order valence-electron chi connectivity index (χ4n) is 2.76. The third-order valence-corrected chi connectivity index (χ3v) is 4.16. The molecule has 0 aliphatic carbocycles. The second-order valence-corrected chi connectivity index (χ2v) is 5.50. The van der Waals surface area contributed by atoms with Gasteiger partial charge in [-0.15, -0.1) is 24.0 Å². The molecule has 0 bridgehead atoms. The Morgan fingerprint density at radius 3 is 2.55 bits per heavy atom. The minimum Gasteiger partial charge on any atom is -0.370 e. The molecule has 1 rings (SSSR count). The number of hydrogen-bond donors (Lipinski definition) is 1. The average molecular weight is 396 g/mol. The highest BCUT2D eigenvalue weighted by Crippen LogP contribution is 2.16. The van der Waals surface area contributed by atoms with E-state index in [4.69, 9.17) is 5.73 Å². The van der Waals surface area contributed by atoms with Crippen LogP contribution >= 0.6 is 24.0 Å². The third kappa shape index (κ3) is 7.11. The van der Waals surface area contributed by atoms with Crippen molar-refractivity contribution in [3.8, 4) is 0 Å². The Bertz CT molecular complexity index is 267. The van der Waals surface area contributed by atoms with E-state index in [1.807, 2.05) is 0 Å². The maximum Gasteiger partial charge on any atom is 0.191 e. The molecule has 2 N–H and O–H groups in total.